The van der Waals surface area contributed by atoms with Gasteiger partial charge in [-0.1, -0.05) is 20.8 Å². The molecular weight excluding hydrogens is 229 g/mol. The maximum Gasteiger partial charge on any atom is 0.125 e. The lowest BCUT2D eigenvalue weighted by atomic mass is 9.84. The standard InChI is InChI=1S/C14H20FN3/c1-14(2,3)7-9(8-16)13-17-11-5-4-10(15)6-12(11)18-13/h4-6,9H,7-8,16H2,1-3H3,(H,17,18). The van der Waals surface area contributed by atoms with E-state index in [0.29, 0.717) is 6.54 Å². The van der Waals surface area contributed by atoms with E-state index in [2.05, 4.69) is 30.7 Å². The first-order valence-corrected chi connectivity index (χ1v) is 6.24. The Morgan fingerprint density at radius 1 is 1.39 bits per heavy atom. The average Bonchev–Trinajstić information content (AvgIpc) is 2.67. The van der Waals surface area contributed by atoms with Crippen LogP contribution in [0.5, 0.6) is 0 Å². The number of nitrogens with one attached hydrogen (secondary N) is 1. The Labute approximate surface area is 107 Å². The van der Waals surface area contributed by atoms with Crippen molar-refractivity contribution >= 4 is 11.0 Å². The number of aromatic amines is 1. The van der Waals surface area contributed by atoms with Gasteiger partial charge in [0.15, 0.2) is 0 Å². The van der Waals surface area contributed by atoms with E-state index >= 15 is 0 Å². The molecule has 1 aromatic heterocycles. The van der Waals surface area contributed by atoms with Gasteiger partial charge in [-0.25, -0.2) is 9.37 Å². The van der Waals surface area contributed by atoms with Crippen molar-refractivity contribution < 1.29 is 4.39 Å². The Bertz CT molecular complexity index is 539. The second-order valence-corrected chi connectivity index (χ2v) is 5.98. The van der Waals surface area contributed by atoms with Crippen LogP contribution in [0, 0.1) is 11.2 Å². The van der Waals surface area contributed by atoms with E-state index < -0.39 is 0 Å². The van der Waals surface area contributed by atoms with Gasteiger partial charge in [0.25, 0.3) is 0 Å². The quantitative estimate of drug-likeness (QED) is 0.877. The van der Waals surface area contributed by atoms with Crippen LogP contribution >= 0.6 is 0 Å². The number of halogens is 1. The summed E-state index contributed by atoms with van der Waals surface area (Å²) < 4.78 is 13.1. The molecule has 0 spiro atoms. The van der Waals surface area contributed by atoms with Gasteiger partial charge < -0.3 is 10.7 Å². The van der Waals surface area contributed by atoms with Gasteiger partial charge in [0.2, 0.25) is 0 Å². The molecule has 2 aromatic rings. The molecule has 0 aliphatic rings. The Morgan fingerprint density at radius 2 is 2.11 bits per heavy atom. The molecule has 0 aliphatic heterocycles. The Kier molecular flexibility index (Phi) is 3.39. The van der Waals surface area contributed by atoms with Gasteiger partial charge in [0.1, 0.15) is 11.6 Å². The van der Waals surface area contributed by atoms with Crippen molar-refractivity contribution in [2.75, 3.05) is 6.54 Å². The monoisotopic (exact) mass is 249 g/mol. The van der Waals surface area contributed by atoms with Crippen LogP contribution in [0.1, 0.15) is 38.9 Å². The summed E-state index contributed by atoms with van der Waals surface area (Å²) in [5.41, 5.74) is 7.54. The summed E-state index contributed by atoms with van der Waals surface area (Å²) in [6.07, 6.45) is 0.950. The van der Waals surface area contributed by atoms with Crippen LogP contribution in [0.2, 0.25) is 0 Å². The first-order chi connectivity index (χ1) is 8.39. The Morgan fingerprint density at radius 3 is 2.72 bits per heavy atom. The zero-order valence-electron chi connectivity index (χ0n) is 11.1. The molecular formula is C14H20FN3. The van der Waals surface area contributed by atoms with Crippen molar-refractivity contribution in [3.05, 3.63) is 29.8 Å². The van der Waals surface area contributed by atoms with E-state index in [4.69, 9.17) is 5.73 Å². The van der Waals surface area contributed by atoms with Gasteiger partial charge in [0.05, 0.1) is 11.0 Å². The minimum absolute atomic E-state index is 0.181. The summed E-state index contributed by atoms with van der Waals surface area (Å²) >= 11 is 0. The molecule has 98 valence electrons. The molecule has 0 radical (unpaired) electrons. The van der Waals surface area contributed by atoms with Crippen molar-refractivity contribution in [1.82, 2.24) is 9.97 Å². The highest BCUT2D eigenvalue weighted by Gasteiger charge is 2.21. The predicted octanol–water partition coefficient (Wildman–Crippen LogP) is 3.18. The summed E-state index contributed by atoms with van der Waals surface area (Å²) in [7, 11) is 0. The second kappa shape index (κ2) is 4.69. The van der Waals surface area contributed by atoms with Crippen molar-refractivity contribution in [2.45, 2.75) is 33.1 Å². The number of H-pyrrole nitrogens is 1. The van der Waals surface area contributed by atoms with E-state index in [0.717, 1.165) is 23.3 Å². The molecule has 0 aliphatic carbocycles. The molecule has 0 bridgehead atoms. The smallest absolute Gasteiger partial charge is 0.125 e. The third-order valence-electron chi connectivity index (χ3n) is 2.99. The highest BCUT2D eigenvalue weighted by Crippen LogP contribution is 2.30. The summed E-state index contributed by atoms with van der Waals surface area (Å²) in [5, 5.41) is 0. The lowest BCUT2D eigenvalue weighted by Gasteiger charge is -2.23. The van der Waals surface area contributed by atoms with E-state index in [1.807, 2.05) is 0 Å². The molecule has 0 amide bonds. The minimum Gasteiger partial charge on any atom is -0.342 e. The molecule has 0 saturated carbocycles. The summed E-state index contributed by atoms with van der Waals surface area (Å²) in [6.45, 7) is 7.08. The molecule has 0 saturated heterocycles. The Balaban J connectivity index is 2.34. The Hall–Kier alpha value is -1.42. The lowest BCUT2D eigenvalue weighted by Crippen LogP contribution is -2.20. The van der Waals surface area contributed by atoms with Crippen LogP contribution in [-0.2, 0) is 0 Å². The zero-order valence-corrected chi connectivity index (χ0v) is 11.1. The molecule has 1 aromatic carbocycles. The van der Waals surface area contributed by atoms with Gasteiger partial charge in [-0.2, -0.15) is 0 Å². The van der Waals surface area contributed by atoms with Crippen LogP contribution in [-0.4, -0.2) is 16.5 Å². The molecule has 4 heteroatoms. The third kappa shape index (κ3) is 2.88. The molecule has 1 unspecified atom stereocenters. The zero-order chi connectivity index (χ0) is 13.3. The summed E-state index contributed by atoms with van der Waals surface area (Å²) in [5.74, 6) is 0.784. The summed E-state index contributed by atoms with van der Waals surface area (Å²) in [4.78, 5) is 7.69. The molecule has 0 fully saturated rings. The number of fused-ring (bicyclic) bond motifs is 1. The average molecular weight is 249 g/mol. The van der Waals surface area contributed by atoms with Crippen molar-refractivity contribution in [1.29, 1.82) is 0 Å². The third-order valence-corrected chi connectivity index (χ3v) is 2.99. The maximum absolute atomic E-state index is 13.1. The number of aromatic nitrogens is 2. The number of imidazole rings is 1. The van der Waals surface area contributed by atoms with E-state index in [1.165, 1.54) is 12.1 Å². The lowest BCUT2D eigenvalue weighted by molar-refractivity contribution is 0.337. The van der Waals surface area contributed by atoms with Gasteiger partial charge in [-0.05, 0) is 30.0 Å². The van der Waals surface area contributed by atoms with E-state index in [9.17, 15) is 4.39 Å². The number of hydrogen-bond donors (Lipinski definition) is 2. The number of rotatable bonds is 3. The maximum atomic E-state index is 13.1. The minimum atomic E-state index is -0.252. The normalized spacial score (nSPS) is 14.1. The predicted molar refractivity (Wildman–Crippen MR) is 71.9 cm³/mol. The van der Waals surface area contributed by atoms with Crippen LogP contribution in [0.4, 0.5) is 4.39 Å². The molecule has 18 heavy (non-hydrogen) atoms. The fourth-order valence-corrected chi connectivity index (χ4v) is 2.23. The van der Waals surface area contributed by atoms with Gasteiger partial charge in [0, 0.05) is 12.5 Å². The van der Waals surface area contributed by atoms with Crippen LogP contribution in [0.3, 0.4) is 0 Å². The first kappa shape index (κ1) is 13.0. The molecule has 3 N–H and O–H groups in total. The van der Waals surface area contributed by atoms with Crippen molar-refractivity contribution in [2.24, 2.45) is 11.1 Å². The van der Waals surface area contributed by atoms with Crippen molar-refractivity contribution in [3.8, 4) is 0 Å². The van der Waals surface area contributed by atoms with E-state index in [-0.39, 0.29) is 17.2 Å². The fraction of sp³-hybridized carbons (Fsp3) is 0.500. The van der Waals surface area contributed by atoms with Crippen LogP contribution < -0.4 is 5.73 Å². The number of nitrogens with zero attached hydrogens (tertiary/aromatic N) is 1. The number of nitrogens with two attached hydrogens (primary N) is 1. The van der Waals surface area contributed by atoms with Gasteiger partial charge >= 0.3 is 0 Å². The molecule has 1 atom stereocenters. The SMILES string of the molecule is CC(C)(C)CC(CN)c1nc2ccc(F)cc2[nH]1. The number of hydrogen-bond acceptors (Lipinski definition) is 2. The highest BCUT2D eigenvalue weighted by molar-refractivity contribution is 5.75. The fourth-order valence-electron chi connectivity index (χ4n) is 2.23. The molecule has 1 heterocycles. The summed E-state index contributed by atoms with van der Waals surface area (Å²) in [6, 6.07) is 4.58. The molecule has 3 nitrogen and oxygen atoms in total. The number of benzene rings is 1. The topological polar surface area (TPSA) is 54.7 Å². The second-order valence-electron chi connectivity index (χ2n) is 5.98. The van der Waals surface area contributed by atoms with Gasteiger partial charge in [-0.15, -0.1) is 0 Å². The first-order valence-electron chi connectivity index (χ1n) is 6.24. The molecule has 2 rings (SSSR count). The largest absolute Gasteiger partial charge is 0.342 e. The van der Waals surface area contributed by atoms with E-state index in [1.54, 1.807) is 6.07 Å². The highest BCUT2D eigenvalue weighted by atomic mass is 19.1. The van der Waals surface area contributed by atoms with Crippen LogP contribution in [0.15, 0.2) is 18.2 Å². The van der Waals surface area contributed by atoms with Gasteiger partial charge in [-0.3, -0.25) is 0 Å². The van der Waals surface area contributed by atoms with Crippen LogP contribution in [0.25, 0.3) is 11.0 Å². The van der Waals surface area contributed by atoms with Crippen molar-refractivity contribution in [3.63, 3.8) is 0 Å².